The number of aromatic nitrogens is 4. The molecule has 8 aromatic rings. The number of hydrogen-bond donors (Lipinski definition) is 0. The third-order valence-corrected chi connectivity index (χ3v) is 8.60. The van der Waals surface area contributed by atoms with Crippen molar-refractivity contribution in [2.75, 3.05) is 0 Å². The molecule has 0 aliphatic rings. The Kier molecular flexibility index (Phi) is 8.24. The molecule has 0 saturated heterocycles. The van der Waals surface area contributed by atoms with E-state index < -0.39 is 13.7 Å². The van der Waals surface area contributed by atoms with Crippen LogP contribution < -0.4 is 0 Å². The third kappa shape index (κ3) is 6.87. The van der Waals surface area contributed by atoms with Gasteiger partial charge in [0.2, 0.25) is 0 Å². The van der Waals surface area contributed by atoms with Gasteiger partial charge in [-0.2, -0.15) is 0 Å². The first-order valence-electron chi connectivity index (χ1n) is 19.4. The van der Waals surface area contributed by atoms with Crippen LogP contribution in [0.5, 0.6) is 0 Å². The second kappa shape index (κ2) is 14.8. The summed E-state index contributed by atoms with van der Waals surface area (Å²) in [6.07, 6.45) is 8.60. The van der Waals surface area contributed by atoms with E-state index in [1.807, 2.05) is 36.7 Å². The van der Waals surface area contributed by atoms with Gasteiger partial charge in [-0.3, -0.25) is 4.98 Å². The Morgan fingerprint density at radius 1 is 0.780 bits per heavy atom. The topological polar surface area (TPSA) is 48.8 Å². The molecule has 0 atom stereocenters. The maximum atomic E-state index is 7.28. The molecule has 50 heavy (non-hydrogen) atoms. The summed E-state index contributed by atoms with van der Waals surface area (Å²) in [5, 5.41) is 1.00. The van der Waals surface area contributed by atoms with Gasteiger partial charge in [-0.05, 0) is 71.4 Å². The average Bonchev–Trinajstić information content (AvgIpc) is 3.93. The molecule has 0 aliphatic heterocycles. The summed E-state index contributed by atoms with van der Waals surface area (Å²) in [6.45, 7) is 4.68. The van der Waals surface area contributed by atoms with Gasteiger partial charge < -0.3 is 18.5 Å². The Morgan fingerprint density at radius 3 is 2.18 bits per heavy atom. The van der Waals surface area contributed by atoms with Gasteiger partial charge in [0.25, 0.3) is 0 Å². The minimum Gasteiger partial charge on any atom is -0.557 e. The smallest absolute Gasteiger partial charge is 0.0774 e. The van der Waals surface area contributed by atoms with Gasteiger partial charge in [-0.15, -0.1) is 35.4 Å². The van der Waals surface area contributed by atoms with Crippen molar-refractivity contribution in [3.05, 3.63) is 156 Å². The predicted octanol–water partition coefficient (Wildman–Crippen LogP) is 11.4. The minimum absolute atomic E-state index is 0. The minimum atomic E-state index is -2.18. The van der Waals surface area contributed by atoms with Crippen LogP contribution in [0.3, 0.4) is 0 Å². The van der Waals surface area contributed by atoms with E-state index in [0.29, 0.717) is 23.1 Å². The van der Waals surface area contributed by atoms with E-state index in [9.17, 15) is 0 Å². The summed E-state index contributed by atoms with van der Waals surface area (Å²) < 4.78 is 54.0. The number of furan rings is 1. The Bertz CT molecular complexity index is 2490. The van der Waals surface area contributed by atoms with E-state index >= 15 is 0 Å². The first-order valence-corrected chi connectivity index (χ1v) is 16.4. The summed E-state index contributed by atoms with van der Waals surface area (Å²) in [4.78, 5) is 9.22. The van der Waals surface area contributed by atoms with Gasteiger partial charge >= 0.3 is 0 Å². The fourth-order valence-electron chi connectivity index (χ4n) is 6.12. The number of imidazole rings is 1. The zero-order valence-electron chi connectivity index (χ0n) is 34.2. The Morgan fingerprint density at radius 2 is 1.52 bits per heavy atom. The number of pyridine rings is 1. The molecule has 1 radical (unpaired) electrons. The number of aryl methyl sites for hydroxylation is 2. The molecule has 5 nitrogen and oxygen atoms in total. The molecule has 253 valence electrons. The normalized spacial score (nSPS) is 13.5. The third-order valence-electron chi connectivity index (χ3n) is 8.60. The summed E-state index contributed by atoms with van der Waals surface area (Å²) in [5.41, 5.74) is 10.2. The molecule has 0 N–H and O–H groups in total. The van der Waals surface area contributed by atoms with Crippen LogP contribution in [0.4, 0.5) is 0 Å². The Hall–Kier alpha value is -5.03. The van der Waals surface area contributed by atoms with Crippen molar-refractivity contribution in [1.29, 1.82) is 0 Å². The molecule has 8 rings (SSSR count). The molecule has 0 aliphatic carbocycles. The molecule has 0 fully saturated rings. The van der Waals surface area contributed by atoms with Crippen molar-refractivity contribution in [2.45, 2.75) is 53.2 Å². The number of rotatable bonds is 6. The molecule has 4 heterocycles. The van der Waals surface area contributed by atoms with Crippen LogP contribution in [0.2, 0.25) is 0 Å². The van der Waals surface area contributed by atoms with E-state index in [4.69, 9.17) is 17.6 Å². The van der Waals surface area contributed by atoms with E-state index in [0.717, 1.165) is 39.1 Å². The number of hydrogen-bond acceptors (Lipinski definition) is 3. The van der Waals surface area contributed by atoms with Gasteiger partial charge in [0.05, 0.1) is 16.9 Å². The van der Waals surface area contributed by atoms with Gasteiger partial charge in [-0.1, -0.05) is 100 Å². The molecule has 4 aromatic heterocycles. The Balaban J connectivity index is 0.000000217. The maximum absolute atomic E-state index is 7.28. The van der Waals surface area contributed by atoms with Crippen LogP contribution >= 0.6 is 0 Å². The van der Waals surface area contributed by atoms with Gasteiger partial charge in [0.15, 0.2) is 0 Å². The predicted molar refractivity (Wildman–Crippen MR) is 201 cm³/mol. The summed E-state index contributed by atoms with van der Waals surface area (Å²) in [5.74, 6) is 1.58. The summed E-state index contributed by atoms with van der Waals surface area (Å²) in [7, 11) is 0. The fraction of sp³-hybridized carbons (Fsp3) is 0.182. The van der Waals surface area contributed by atoms with Crippen molar-refractivity contribution < 1.29 is 32.7 Å². The van der Waals surface area contributed by atoms with Crippen molar-refractivity contribution in [1.82, 2.24) is 19.1 Å². The van der Waals surface area contributed by atoms with Crippen molar-refractivity contribution in [2.24, 2.45) is 0 Å². The molecule has 0 saturated carbocycles. The second-order valence-corrected chi connectivity index (χ2v) is 12.6. The average molecular weight is 839 g/mol. The second-order valence-electron chi connectivity index (χ2n) is 12.6. The van der Waals surface area contributed by atoms with E-state index in [2.05, 4.69) is 103 Å². The number of fused-ring (bicyclic) bond motifs is 2. The van der Waals surface area contributed by atoms with Crippen molar-refractivity contribution in [3.63, 3.8) is 0 Å². The monoisotopic (exact) mass is 839 g/mol. The molecule has 4 aromatic carbocycles. The summed E-state index contributed by atoms with van der Waals surface area (Å²) >= 11 is 0. The maximum Gasteiger partial charge on any atom is 0.0774 e. The molecule has 0 spiro atoms. The largest absolute Gasteiger partial charge is 0.557 e. The zero-order chi connectivity index (χ0) is 39.1. The van der Waals surface area contributed by atoms with E-state index in [1.54, 1.807) is 12.1 Å². The van der Waals surface area contributed by atoms with Gasteiger partial charge in [-0.25, -0.2) is 0 Å². The summed E-state index contributed by atoms with van der Waals surface area (Å²) in [6, 6.07) is 35.8. The molecule has 0 unspecified atom stereocenters. The van der Waals surface area contributed by atoms with Crippen molar-refractivity contribution >= 4 is 22.0 Å². The van der Waals surface area contributed by atoms with E-state index in [-0.39, 0.29) is 31.2 Å². The fourth-order valence-corrected chi connectivity index (χ4v) is 6.12. The van der Waals surface area contributed by atoms with Gasteiger partial charge in [0.1, 0.15) is 0 Å². The zero-order valence-corrected chi connectivity index (χ0v) is 30.6. The molecule has 0 amide bonds. The van der Waals surface area contributed by atoms with Crippen molar-refractivity contribution in [3.8, 4) is 34.0 Å². The van der Waals surface area contributed by atoms with Crippen LogP contribution in [0.1, 0.15) is 70.0 Å². The number of para-hydroxylation sites is 3. The molecule has 6 heteroatoms. The van der Waals surface area contributed by atoms with Crippen LogP contribution in [0, 0.1) is 26.0 Å². The first kappa shape index (κ1) is 27.8. The van der Waals surface area contributed by atoms with Crippen LogP contribution in [-0.2, 0) is 20.1 Å². The van der Waals surface area contributed by atoms with Crippen LogP contribution in [0.15, 0.2) is 126 Å². The van der Waals surface area contributed by atoms with Crippen LogP contribution in [0.25, 0.3) is 56.0 Å². The molecular weight excluding hydrogens is 793 g/mol. The number of nitrogens with zero attached hydrogens (tertiary/aromatic N) is 4. The molecular formula is C44H40IrN4O-2. The SMILES string of the molecule is CC(C)c1cccc(C(C)C)c1-n1c(-c2[c-]oc3ccc(-n4cccc4)cc23)nc2ccccc21.[2H]C([2H])([2H])c1c[c-]c(-c2ccc(C([2H])([2H])[2H])cn2)cc1.[Ir]. The van der Waals surface area contributed by atoms with Crippen LogP contribution in [-0.4, -0.2) is 19.1 Å². The van der Waals surface area contributed by atoms with Gasteiger partial charge in [0, 0.05) is 70.1 Å². The standard InChI is InChI=1S/C31H28N3O.C13H12N.Ir/c1-20(2)23-10-9-11-24(21(3)4)30(23)34-28-13-6-5-12-27(28)32-31(34)26-19-35-29-15-14-22(18-25(26)29)33-16-7-8-17-33;1-10-3-6-12(7-4-10)13-8-5-11(2)9-14-13;/h5-18,20-21H,1-4H3;3-6,8-9H,1-2H3;/q2*-1;/i;1D3,2D3;. The van der Waals surface area contributed by atoms with E-state index in [1.165, 1.54) is 41.2 Å². The quantitative estimate of drug-likeness (QED) is 0.157. The Labute approximate surface area is 316 Å². The molecule has 0 bridgehead atoms. The first-order chi connectivity index (χ1) is 26.2. The number of benzene rings is 4.